The van der Waals surface area contributed by atoms with Gasteiger partial charge in [-0.15, -0.1) is 0 Å². The zero-order chi connectivity index (χ0) is 25.0. The number of halogens is 9. The van der Waals surface area contributed by atoms with Gasteiger partial charge in [-0.25, -0.2) is 4.79 Å². The van der Waals surface area contributed by atoms with Gasteiger partial charge >= 0.3 is 30.5 Å². The van der Waals surface area contributed by atoms with Crippen LogP contribution in [0.5, 0.6) is 5.75 Å². The zero-order valence-electron chi connectivity index (χ0n) is 16.5. The van der Waals surface area contributed by atoms with E-state index in [9.17, 15) is 49.1 Å². The molecule has 1 rings (SSSR count). The summed E-state index contributed by atoms with van der Waals surface area (Å²) in [5, 5.41) is 0. The first-order valence-electron chi connectivity index (χ1n) is 8.70. The van der Waals surface area contributed by atoms with E-state index in [1.54, 1.807) is 0 Å². The molecule has 0 aliphatic heterocycles. The van der Waals surface area contributed by atoms with Crippen LogP contribution in [0, 0.1) is 5.41 Å². The summed E-state index contributed by atoms with van der Waals surface area (Å²) in [6, 6.07) is 2.89. The van der Waals surface area contributed by atoms with Crippen molar-refractivity contribution >= 4 is 11.9 Å². The van der Waals surface area contributed by atoms with Crippen LogP contribution in [-0.2, 0) is 25.2 Å². The van der Waals surface area contributed by atoms with Crippen LogP contribution in [0.4, 0.5) is 39.5 Å². The van der Waals surface area contributed by atoms with Gasteiger partial charge in [0.15, 0.2) is 6.61 Å². The fraction of sp³-hybridized carbons (Fsp3) is 0.556. The van der Waals surface area contributed by atoms with Crippen LogP contribution in [0.2, 0.25) is 0 Å². The van der Waals surface area contributed by atoms with Crippen molar-refractivity contribution in [3.8, 4) is 5.75 Å². The summed E-state index contributed by atoms with van der Waals surface area (Å²) >= 11 is 0. The number of benzene rings is 1. The smallest absolute Gasteiger partial charge is 0.423 e. The second-order valence-corrected chi connectivity index (χ2v) is 6.76. The third-order valence-corrected chi connectivity index (χ3v) is 4.17. The van der Waals surface area contributed by atoms with E-state index in [2.05, 4.69) is 14.2 Å². The number of alkyl halides is 9. The lowest BCUT2D eigenvalue weighted by molar-refractivity contribution is -0.325. The van der Waals surface area contributed by atoms with Crippen LogP contribution in [0.3, 0.4) is 0 Å². The summed E-state index contributed by atoms with van der Waals surface area (Å²) in [7, 11) is 0. The lowest BCUT2D eigenvalue weighted by Gasteiger charge is -2.29. The van der Waals surface area contributed by atoms with Crippen LogP contribution in [0.25, 0.3) is 0 Å². The van der Waals surface area contributed by atoms with Crippen molar-refractivity contribution < 1.29 is 63.3 Å². The molecule has 1 aromatic rings. The Morgan fingerprint density at radius 1 is 0.906 bits per heavy atom. The van der Waals surface area contributed by atoms with Crippen LogP contribution in [0.15, 0.2) is 24.3 Å². The Morgan fingerprint density at radius 2 is 1.41 bits per heavy atom. The maximum atomic E-state index is 12.6. The highest BCUT2D eigenvalue weighted by Gasteiger charge is 2.58. The molecule has 0 amide bonds. The van der Waals surface area contributed by atoms with Crippen molar-refractivity contribution in [1.82, 2.24) is 0 Å². The van der Waals surface area contributed by atoms with Crippen LogP contribution in [-0.4, -0.2) is 43.6 Å². The minimum atomic E-state index is -5.78. The van der Waals surface area contributed by atoms with Crippen LogP contribution in [0.1, 0.15) is 25.8 Å². The first kappa shape index (κ1) is 27.5. The minimum absolute atomic E-state index is 0.303. The van der Waals surface area contributed by atoms with Crippen molar-refractivity contribution in [2.75, 3.05) is 13.2 Å². The largest absolute Gasteiger partial charge is 0.453 e. The second-order valence-electron chi connectivity index (χ2n) is 6.76. The number of hydrogen-bond acceptors (Lipinski definition) is 5. The third-order valence-electron chi connectivity index (χ3n) is 4.17. The average molecular weight is 484 g/mol. The van der Waals surface area contributed by atoms with Crippen molar-refractivity contribution in [2.24, 2.45) is 5.41 Å². The fourth-order valence-corrected chi connectivity index (χ4v) is 2.12. The standard InChI is InChI=1S/C18H17F9O5/c1-3-15(2,9-31-13(17(22,23)24)18(25,26)27)14(29)30-8-12(28)32-11-6-4-10(5-7-11)16(19,20)21/h4-7,13H,3,8-9H2,1-2H3. The molecular formula is C18H17F9O5. The lowest BCUT2D eigenvalue weighted by Crippen LogP contribution is -2.47. The maximum absolute atomic E-state index is 12.6. The van der Waals surface area contributed by atoms with Gasteiger partial charge in [0.2, 0.25) is 6.10 Å². The zero-order valence-corrected chi connectivity index (χ0v) is 16.5. The van der Waals surface area contributed by atoms with E-state index in [0.29, 0.717) is 12.1 Å². The molecule has 0 N–H and O–H groups in total. The lowest BCUT2D eigenvalue weighted by atomic mass is 9.88. The summed E-state index contributed by atoms with van der Waals surface area (Å²) in [6.45, 7) is -0.181. The summed E-state index contributed by atoms with van der Waals surface area (Å²) < 4.78 is 126. The number of ether oxygens (including phenoxy) is 3. The Bertz CT molecular complexity index is 770. The van der Waals surface area contributed by atoms with Crippen molar-refractivity contribution in [3.63, 3.8) is 0 Å². The molecule has 0 fully saturated rings. The van der Waals surface area contributed by atoms with Crippen LogP contribution >= 0.6 is 0 Å². The molecule has 0 saturated heterocycles. The van der Waals surface area contributed by atoms with Gasteiger partial charge in [0.25, 0.3) is 0 Å². The van der Waals surface area contributed by atoms with Gasteiger partial charge in [0.05, 0.1) is 17.6 Å². The van der Waals surface area contributed by atoms with Crippen molar-refractivity contribution in [3.05, 3.63) is 29.8 Å². The molecule has 32 heavy (non-hydrogen) atoms. The molecule has 0 saturated carbocycles. The van der Waals surface area contributed by atoms with E-state index in [0.717, 1.165) is 19.1 Å². The van der Waals surface area contributed by atoms with Gasteiger partial charge in [-0.2, -0.15) is 39.5 Å². The molecule has 14 heteroatoms. The van der Waals surface area contributed by atoms with Gasteiger partial charge in [0.1, 0.15) is 5.75 Å². The van der Waals surface area contributed by atoms with E-state index in [1.807, 2.05) is 0 Å². The second kappa shape index (κ2) is 9.96. The Labute approximate surface area is 175 Å². The third kappa shape index (κ3) is 7.88. The van der Waals surface area contributed by atoms with Gasteiger partial charge in [-0.05, 0) is 37.6 Å². The molecule has 182 valence electrons. The molecule has 0 heterocycles. The average Bonchev–Trinajstić information content (AvgIpc) is 2.63. The van der Waals surface area contributed by atoms with E-state index in [-0.39, 0.29) is 12.2 Å². The van der Waals surface area contributed by atoms with E-state index in [1.165, 1.54) is 6.92 Å². The Hall–Kier alpha value is -2.51. The summed E-state index contributed by atoms with van der Waals surface area (Å²) in [6.07, 6.45) is -20.6. The predicted octanol–water partition coefficient (Wildman–Crippen LogP) is 5.08. The Balaban J connectivity index is 2.70. The topological polar surface area (TPSA) is 61.8 Å². The van der Waals surface area contributed by atoms with Crippen molar-refractivity contribution in [2.45, 2.75) is 44.9 Å². The summed E-state index contributed by atoms with van der Waals surface area (Å²) in [5.74, 6) is -2.91. The van der Waals surface area contributed by atoms with Crippen LogP contribution < -0.4 is 4.74 Å². The van der Waals surface area contributed by atoms with Gasteiger partial charge in [-0.1, -0.05) is 6.92 Å². The molecular weight excluding hydrogens is 467 g/mol. The molecule has 0 radical (unpaired) electrons. The number of rotatable bonds is 8. The van der Waals surface area contributed by atoms with Crippen molar-refractivity contribution in [1.29, 1.82) is 0 Å². The first-order valence-corrected chi connectivity index (χ1v) is 8.70. The monoisotopic (exact) mass is 484 g/mol. The molecule has 0 bridgehead atoms. The quantitative estimate of drug-likeness (QED) is 0.293. The summed E-state index contributed by atoms with van der Waals surface area (Å²) in [5.41, 5.74) is -2.98. The number of esters is 2. The Kier molecular flexibility index (Phi) is 8.57. The van der Waals surface area contributed by atoms with Gasteiger partial charge in [-0.3, -0.25) is 4.79 Å². The molecule has 1 unspecified atom stereocenters. The molecule has 1 aromatic carbocycles. The molecule has 0 aromatic heterocycles. The Morgan fingerprint density at radius 3 is 1.81 bits per heavy atom. The number of carbonyl (C=O) groups is 2. The highest BCUT2D eigenvalue weighted by Crippen LogP contribution is 2.37. The van der Waals surface area contributed by atoms with E-state index < -0.39 is 60.8 Å². The van der Waals surface area contributed by atoms with E-state index in [4.69, 9.17) is 0 Å². The highest BCUT2D eigenvalue weighted by molar-refractivity contribution is 5.81. The van der Waals surface area contributed by atoms with Gasteiger partial charge in [0, 0.05) is 0 Å². The number of hydrogen-bond donors (Lipinski definition) is 0. The molecule has 0 spiro atoms. The summed E-state index contributed by atoms with van der Waals surface area (Å²) in [4.78, 5) is 23.8. The highest BCUT2D eigenvalue weighted by atomic mass is 19.4. The minimum Gasteiger partial charge on any atom is -0.453 e. The van der Waals surface area contributed by atoms with E-state index >= 15 is 0 Å². The van der Waals surface area contributed by atoms with Gasteiger partial charge < -0.3 is 14.2 Å². The first-order chi connectivity index (χ1) is 14.4. The molecule has 5 nitrogen and oxygen atoms in total. The SMILES string of the molecule is CCC(C)(COC(C(F)(F)F)C(F)(F)F)C(=O)OCC(=O)Oc1ccc(C(F)(F)F)cc1. The molecule has 1 atom stereocenters. The normalized spacial score (nSPS) is 14.8. The number of carbonyl (C=O) groups excluding carboxylic acids is 2. The molecule has 0 aliphatic carbocycles. The molecule has 0 aliphatic rings. The maximum Gasteiger partial charge on any atom is 0.423 e. The predicted molar refractivity (Wildman–Crippen MR) is 88.3 cm³/mol. The fourth-order valence-electron chi connectivity index (χ4n) is 2.12.